The summed E-state index contributed by atoms with van der Waals surface area (Å²) in [7, 11) is 3.12. The SMILES string of the molecule is Cn1c(=O)c2c(ncn2CCCOC2c3ccccc3CCc3ccccc32)n(C)c1=O. The Morgan fingerprint density at radius 1 is 0.938 bits per heavy atom. The number of ether oxygens (including phenoxy) is 1. The minimum absolute atomic E-state index is 0.0990. The van der Waals surface area contributed by atoms with Gasteiger partial charge in [0, 0.05) is 27.2 Å². The van der Waals surface area contributed by atoms with Gasteiger partial charge in [-0.1, -0.05) is 48.5 Å². The molecule has 2 heterocycles. The third-order valence-electron chi connectivity index (χ3n) is 6.38. The molecule has 0 atom stereocenters. The molecule has 7 nitrogen and oxygen atoms in total. The highest BCUT2D eigenvalue weighted by Crippen LogP contribution is 2.35. The van der Waals surface area contributed by atoms with Crippen LogP contribution in [0, 0.1) is 0 Å². The molecule has 2 aromatic heterocycles. The molecule has 0 radical (unpaired) electrons. The van der Waals surface area contributed by atoms with Gasteiger partial charge in [0.2, 0.25) is 0 Å². The van der Waals surface area contributed by atoms with Gasteiger partial charge < -0.3 is 9.30 Å². The maximum Gasteiger partial charge on any atom is 0.332 e. The Morgan fingerprint density at radius 2 is 1.56 bits per heavy atom. The molecule has 5 rings (SSSR count). The van der Waals surface area contributed by atoms with Gasteiger partial charge in [0.25, 0.3) is 5.56 Å². The minimum Gasteiger partial charge on any atom is -0.369 e. The van der Waals surface area contributed by atoms with Crippen molar-refractivity contribution in [3.05, 3.63) is 98.0 Å². The zero-order valence-corrected chi connectivity index (χ0v) is 18.3. The first-order valence-electron chi connectivity index (χ1n) is 10.9. The molecular formula is C25H26N4O3. The molecule has 0 bridgehead atoms. The lowest BCUT2D eigenvalue weighted by Crippen LogP contribution is -2.37. The summed E-state index contributed by atoms with van der Waals surface area (Å²) in [6, 6.07) is 17.0. The Labute approximate surface area is 185 Å². The number of hydrogen-bond acceptors (Lipinski definition) is 4. The van der Waals surface area contributed by atoms with Gasteiger partial charge in [0.15, 0.2) is 11.2 Å². The van der Waals surface area contributed by atoms with Crippen molar-refractivity contribution >= 4 is 11.2 Å². The van der Waals surface area contributed by atoms with Gasteiger partial charge in [-0.15, -0.1) is 0 Å². The lowest BCUT2D eigenvalue weighted by atomic mass is 9.97. The molecule has 0 fully saturated rings. The van der Waals surface area contributed by atoms with Crippen LogP contribution in [0.3, 0.4) is 0 Å². The summed E-state index contributed by atoms with van der Waals surface area (Å²) in [6.07, 6.45) is 4.27. The molecule has 0 saturated carbocycles. The van der Waals surface area contributed by atoms with Crippen LogP contribution in [-0.4, -0.2) is 25.3 Å². The number of benzene rings is 2. The van der Waals surface area contributed by atoms with Gasteiger partial charge in [-0.2, -0.15) is 0 Å². The molecule has 164 valence electrons. The fourth-order valence-corrected chi connectivity index (χ4v) is 4.65. The highest BCUT2D eigenvalue weighted by Gasteiger charge is 2.23. The molecule has 1 aliphatic rings. The van der Waals surface area contributed by atoms with Gasteiger partial charge in [-0.05, 0) is 41.5 Å². The number of imidazole rings is 1. The average molecular weight is 431 g/mol. The van der Waals surface area contributed by atoms with Crippen LogP contribution >= 0.6 is 0 Å². The Morgan fingerprint density at radius 3 is 2.22 bits per heavy atom. The largest absolute Gasteiger partial charge is 0.369 e. The van der Waals surface area contributed by atoms with Gasteiger partial charge in [0.1, 0.15) is 6.10 Å². The van der Waals surface area contributed by atoms with E-state index in [4.69, 9.17) is 4.74 Å². The summed E-state index contributed by atoms with van der Waals surface area (Å²) in [6.45, 7) is 1.12. The molecular weight excluding hydrogens is 404 g/mol. The van der Waals surface area contributed by atoms with Crippen molar-refractivity contribution in [2.45, 2.75) is 31.9 Å². The van der Waals surface area contributed by atoms with Crippen LogP contribution in [0.5, 0.6) is 0 Å². The van der Waals surface area contributed by atoms with E-state index < -0.39 is 0 Å². The van der Waals surface area contributed by atoms with E-state index in [9.17, 15) is 9.59 Å². The zero-order chi connectivity index (χ0) is 22.2. The molecule has 7 heteroatoms. The first-order valence-corrected chi connectivity index (χ1v) is 10.9. The fourth-order valence-electron chi connectivity index (χ4n) is 4.65. The first-order chi connectivity index (χ1) is 15.6. The molecule has 1 aliphatic carbocycles. The Balaban J connectivity index is 1.37. The predicted octanol–water partition coefficient (Wildman–Crippen LogP) is 2.73. The van der Waals surface area contributed by atoms with Crippen LogP contribution in [0.4, 0.5) is 0 Å². The third-order valence-corrected chi connectivity index (χ3v) is 6.38. The van der Waals surface area contributed by atoms with Crippen molar-refractivity contribution in [3.63, 3.8) is 0 Å². The van der Waals surface area contributed by atoms with Crippen molar-refractivity contribution in [1.29, 1.82) is 0 Å². The summed E-state index contributed by atoms with van der Waals surface area (Å²) < 4.78 is 10.8. The standard InChI is InChI=1S/C25H26N4O3/c1-27-23-21(24(30)28(2)25(27)31)29(16-26-23)14-7-15-32-22-19-10-5-3-8-17(19)12-13-18-9-4-6-11-20(18)22/h3-6,8-11,16,22H,7,12-15H2,1-2H3. The Kier molecular flexibility index (Phi) is 5.27. The summed E-state index contributed by atoms with van der Waals surface area (Å²) in [5.74, 6) is 0. The molecule has 0 amide bonds. The van der Waals surface area contributed by atoms with E-state index in [0.29, 0.717) is 24.3 Å². The number of aryl methyl sites for hydroxylation is 4. The number of fused-ring (bicyclic) bond motifs is 3. The van der Waals surface area contributed by atoms with E-state index in [1.807, 2.05) is 4.57 Å². The van der Waals surface area contributed by atoms with Gasteiger partial charge >= 0.3 is 5.69 Å². The summed E-state index contributed by atoms with van der Waals surface area (Å²) in [5.41, 5.74) is 5.28. The Bertz CT molecular complexity index is 1370. The lowest BCUT2D eigenvalue weighted by molar-refractivity contribution is 0.0757. The summed E-state index contributed by atoms with van der Waals surface area (Å²) >= 11 is 0. The maximum absolute atomic E-state index is 12.6. The van der Waals surface area contributed by atoms with Crippen molar-refractivity contribution in [2.24, 2.45) is 14.1 Å². The van der Waals surface area contributed by atoms with Crippen LogP contribution in [0.2, 0.25) is 0 Å². The highest BCUT2D eigenvalue weighted by molar-refractivity contribution is 5.69. The molecule has 2 aromatic carbocycles. The second kappa shape index (κ2) is 8.24. The average Bonchev–Trinajstić information content (AvgIpc) is 3.17. The van der Waals surface area contributed by atoms with E-state index in [1.165, 1.54) is 33.9 Å². The maximum atomic E-state index is 12.6. The first kappa shape index (κ1) is 20.5. The molecule has 0 unspecified atom stereocenters. The van der Waals surface area contributed by atoms with Crippen LogP contribution in [-0.2, 0) is 38.2 Å². The molecule has 0 saturated heterocycles. The normalized spacial score (nSPS) is 13.7. The van der Waals surface area contributed by atoms with Gasteiger partial charge in [-0.25, -0.2) is 9.78 Å². The Hall–Kier alpha value is -3.45. The monoisotopic (exact) mass is 430 g/mol. The zero-order valence-electron chi connectivity index (χ0n) is 18.3. The molecule has 32 heavy (non-hydrogen) atoms. The van der Waals surface area contributed by atoms with Crippen molar-refractivity contribution < 1.29 is 4.74 Å². The fraction of sp³-hybridized carbons (Fsp3) is 0.320. The number of hydrogen-bond donors (Lipinski definition) is 0. The second-order valence-electron chi connectivity index (χ2n) is 8.32. The summed E-state index contributed by atoms with van der Waals surface area (Å²) in [5, 5.41) is 0. The summed E-state index contributed by atoms with van der Waals surface area (Å²) in [4.78, 5) is 29.1. The molecule has 0 N–H and O–H groups in total. The molecule has 4 aromatic rings. The van der Waals surface area contributed by atoms with Gasteiger partial charge in [0.05, 0.1) is 6.33 Å². The van der Waals surface area contributed by atoms with Crippen molar-refractivity contribution in [3.8, 4) is 0 Å². The van der Waals surface area contributed by atoms with E-state index in [1.54, 1.807) is 13.4 Å². The van der Waals surface area contributed by atoms with Crippen LogP contribution in [0.25, 0.3) is 11.2 Å². The number of aromatic nitrogens is 4. The number of rotatable bonds is 5. The lowest BCUT2D eigenvalue weighted by Gasteiger charge is -2.21. The van der Waals surface area contributed by atoms with Crippen molar-refractivity contribution in [1.82, 2.24) is 18.7 Å². The third kappa shape index (κ3) is 3.39. The smallest absolute Gasteiger partial charge is 0.332 e. The van der Waals surface area contributed by atoms with E-state index in [2.05, 4.69) is 53.5 Å². The van der Waals surface area contributed by atoms with Crippen LogP contribution < -0.4 is 11.2 Å². The predicted molar refractivity (Wildman–Crippen MR) is 123 cm³/mol. The minimum atomic E-state index is -0.373. The molecule has 0 aliphatic heterocycles. The van der Waals surface area contributed by atoms with Crippen LogP contribution in [0.15, 0.2) is 64.4 Å². The van der Waals surface area contributed by atoms with Crippen molar-refractivity contribution in [2.75, 3.05) is 6.61 Å². The highest BCUT2D eigenvalue weighted by atomic mass is 16.5. The quantitative estimate of drug-likeness (QED) is 0.457. The second-order valence-corrected chi connectivity index (χ2v) is 8.32. The van der Waals surface area contributed by atoms with E-state index >= 15 is 0 Å². The van der Waals surface area contributed by atoms with E-state index in [-0.39, 0.29) is 17.4 Å². The van der Waals surface area contributed by atoms with E-state index in [0.717, 1.165) is 23.8 Å². The number of nitrogens with zero attached hydrogens (tertiary/aromatic N) is 4. The van der Waals surface area contributed by atoms with Crippen LogP contribution in [0.1, 0.15) is 34.8 Å². The molecule has 0 spiro atoms. The topological polar surface area (TPSA) is 71.0 Å². The van der Waals surface area contributed by atoms with Gasteiger partial charge in [-0.3, -0.25) is 13.9 Å².